The fourth-order valence-electron chi connectivity index (χ4n) is 4.60. The number of amides is 1. The first-order valence-corrected chi connectivity index (χ1v) is 13.5. The van der Waals surface area contributed by atoms with Crippen LogP contribution in [0.25, 0.3) is 16.7 Å². The highest BCUT2D eigenvalue weighted by Gasteiger charge is 2.31. The average molecular weight is 502 g/mol. The second-order valence-electron chi connectivity index (χ2n) is 9.46. The Bertz CT molecular complexity index is 1460. The second-order valence-corrected chi connectivity index (χ2v) is 10.4. The molecule has 1 aliphatic heterocycles. The van der Waals surface area contributed by atoms with Gasteiger partial charge in [0.15, 0.2) is 10.8 Å². The SMILES string of the molecule is CCCCN(Cc1ccccc1)C(=O)CC1CSc2nc3c(cnn3-c3ccc(C)c(C)c3)c(=O)n21. The zero-order valence-electron chi connectivity index (χ0n) is 21.0. The minimum absolute atomic E-state index is 0.0728. The normalized spacial score (nSPS) is 14.8. The Balaban J connectivity index is 1.42. The number of aryl methyl sites for hydroxylation is 2. The molecular formula is C28H31N5O2S. The Morgan fingerprint density at radius 2 is 1.94 bits per heavy atom. The fourth-order valence-corrected chi connectivity index (χ4v) is 5.73. The molecule has 1 aliphatic rings. The van der Waals surface area contributed by atoms with Crippen LogP contribution in [0.3, 0.4) is 0 Å². The largest absolute Gasteiger partial charge is 0.338 e. The van der Waals surface area contributed by atoms with E-state index < -0.39 is 0 Å². The fraction of sp³-hybridized carbons (Fsp3) is 0.357. The maximum absolute atomic E-state index is 13.5. The lowest BCUT2D eigenvalue weighted by Crippen LogP contribution is -2.35. The van der Waals surface area contributed by atoms with Gasteiger partial charge in [0, 0.05) is 25.3 Å². The van der Waals surface area contributed by atoms with Crippen molar-refractivity contribution in [3.05, 3.63) is 81.8 Å². The number of carbonyl (C=O) groups excluding carboxylic acids is 1. The van der Waals surface area contributed by atoms with Crippen molar-refractivity contribution in [2.45, 2.75) is 57.8 Å². The first-order valence-electron chi connectivity index (χ1n) is 12.5. The van der Waals surface area contributed by atoms with Crippen molar-refractivity contribution >= 4 is 28.7 Å². The summed E-state index contributed by atoms with van der Waals surface area (Å²) in [5, 5.41) is 5.62. The van der Waals surface area contributed by atoms with Crippen LogP contribution < -0.4 is 5.56 Å². The highest BCUT2D eigenvalue weighted by atomic mass is 32.2. The van der Waals surface area contributed by atoms with Crippen LogP contribution in [-0.4, -0.2) is 42.4 Å². The molecule has 2 aromatic carbocycles. The number of unbranched alkanes of at least 4 members (excludes halogenated alkanes) is 1. The lowest BCUT2D eigenvalue weighted by Gasteiger charge is -2.24. The topological polar surface area (TPSA) is 73.0 Å². The molecule has 36 heavy (non-hydrogen) atoms. The first-order chi connectivity index (χ1) is 17.5. The van der Waals surface area contributed by atoms with E-state index in [1.54, 1.807) is 15.4 Å². The summed E-state index contributed by atoms with van der Waals surface area (Å²) in [4.78, 5) is 33.7. The van der Waals surface area contributed by atoms with E-state index in [1.165, 1.54) is 17.3 Å². The summed E-state index contributed by atoms with van der Waals surface area (Å²) >= 11 is 1.53. The molecule has 0 N–H and O–H groups in total. The molecule has 0 radical (unpaired) electrons. The van der Waals surface area contributed by atoms with Crippen LogP contribution in [0.5, 0.6) is 0 Å². The van der Waals surface area contributed by atoms with Crippen molar-refractivity contribution in [2.24, 2.45) is 0 Å². The van der Waals surface area contributed by atoms with Crippen LogP contribution in [0.15, 0.2) is 64.7 Å². The molecule has 7 nitrogen and oxygen atoms in total. The van der Waals surface area contributed by atoms with Crippen LogP contribution in [0.1, 0.15) is 48.9 Å². The van der Waals surface area contributed by atoms with E-state index in [1.807, 2.05) is 41.3 Å². The van der Waals surface area contributed by atoms with Gasteiger partial charge in [0.25, 0.3) is 5.56 Å². The van der Waals surface area contributed by atoms with Gasteiger partial charge in [0.05, 0.1) is 17.9 Å². The zero-order chi connectivity index (χ0) is 25.2. The Morgan fingerprint density at radius 3 is 2.69 bits per heavy atom. The van der Waals surface area contributed by atoms with E-state index in [-0.39, 0.29) is 23.9 Å². The van der Waals surface area contributed by atoms with E-state index in [9.17, 15) is 9.59 Å². The summed E-state index contributed by atoms with van der Waals surface area (Å²) in [7, 11) is 0. The molecule has 0 fully saturated rings. The lowest BCUT2D eigenvalue weighted by atomic mass is 10.1. The highest BCUT2D eigenvalue weighted by molar-refractivity contribution is 7.99. The summed E-state index contributed by atoms with van der Waals surface area (Å²) in [6, 6.07) is 16.0. The number of nitrogens with zero attached hydrogens (tertiary/aromatic N) is 5. The number of benzene rings is 2. The molecule has 8 heteroatoms. The summed E-state index contributed by atoms with van der Waals surface area (Å²) < 4.78 is 3.44. The smallest absolute Gasteiger partial charge is 0.265 e. The van der Waals surface area contributed by atoms with Gasteiger partial charge in [-0.15, -0.1) is 0 Å². The van der Waals surface area contributed by atoms with Gasteiger partial charge in [0.2, 0.25) is 5.91 Å². The van der Waals surface area contributed by atoms with Crippen LogP contribution in [-0.2, 0) is 11.3 Å². The molecular weight excluding hydrogens is 470 g/mol. The quantitative estimate of drug-likeness (QED) is 0.315. The molecule has 4 aromatic rings. The average Bonchev–Trinajstić information content (AvgIpc) is 3.49. The van der Waals surface area contributed by atoms with E-state index in [2.05, 4.69) is 38.0 Å². The van der Waals surface area contributed by atoms with Crippen LogP contribution >= 0.6 is 11.8 Å². The Labute approximate surface area is 215 Å². The number of thioether (sulfide) groups is 1. The molecule has 1 unspecified atom stereocenters. The second kappa shape index (κ2) is 10.3. The van der Waals surface area contributed by atoms with Crippen LogP contribution in [0.4, 0.5) is 0 Å². The number of fused-ring (bicyclic) bond motifs is 2. The third-order valence-electron chi connectivity index (χ3n) is 6.87. The van der Waals surface area contributed by atoms with Gasteiger partial charge in [-0.3, -0.25) is 14.2 Å². The van der Waals surface area contributed by atoms with Gasteiger partial charge in [-0.25, -0.2) is 9.67 Å². The van der Waals surface area contributed by atoms with Gasteiger partial charge in [-0.05, 0) is 49.1 Å². The van der Waals surface area contributed by atoms with Crippen molar-refractivity contribution < 1.29 is 4.79 Å². The molecule has 0 saturated heterocycles. The van der Waals surface area contributed by atoms with Gasteiger partial charge in [-0.1, -0.05) is 61.5 Å². The lowest BCUT2D eigenvalue weighted by molar-refractivity contribution is -0.132. The van der Waals surface area contributed by atoms with Crippen LogP contribution in [0, 0.1) is 13.8 Å². The van der Waals surface area contributed by atoms with Crippen LogP contribution in [0.2, 0.25) is 0 Å². The molecule has 0 spiro atoms. The summed E-state index contributed by atoms with van der Waals surface area (Å²) in [6.45, 7) is 7.56. The minimum atomic E-state index is -0.216. The molecule has 0 bridgehead atoms. The number of aromatic nitrogens is 4. The summed E-state index contributed by atoms with van der Waals surface area (Å²) in [5.74, 6) is 0.730. The Kier molecular flexibility index (Phi) is 6.96. The van der Waals surface area contributed by atoms with Gasteiger partial charge in [0.1, 0.15) is 5.39 Å². The van der Waals surface area contributed by atoms with Crippen molar-refractivity contribution in [1.82, 2.24) is 24.2 Å². The van der Waals surface area contributed by atoms with Crippen molar-refractivity contribution in [3.8, 4) is 5.69 Å². The number of hydrogen-bond acceptors (Lipinski definition) is 5. The Hall–Kier alpha value is -3.39. The number of carbonyl (C=O) groups is 1. The van der Waals surface area contributed by atoms with Crippen molar-refractivity contribution in [3.63, 3.8) is 0 Å². The third kappa shape index (κ3) is 4.69. The van der Waals surface area contributed by atoms with Crippen molar-refractivity contribution in [2.75, 3.05) is 12.3 Å². The highest BCUT2D eigenvalue weighted by Crippen LogP contribution is 2.34. The monoisotopic (exact) mass is 501 g/mol. The van der Waals surface area contributed by atoms with E-state index >= 15 is 0 Å². The predicted octanol–water partition coefficient (Wildman–Crippen LogP) is 5.06. The maximum atomic E-state index is 13.5. The molecule has 2 aromatic heterocycles. The predicted molar refractivity (Wildman–Crippen MR) is 144 cm³/mol. The standard InChI is InChI=1S/C28H31N5O2S/c1-4-5-13-31(17-21-9-7-6-8-10-21)25(34)15-23-18-36-28-30-26-24(27(35)32(23)28)16-29-33(26)22-12-11-19(2)20(3)14-22/h6-12,14,16,23H,4-5,13,15,17-18H2,1-3H3. The van der Waals surface area contributed by atoms with Gasteiger partial charge >= 0.3 is 0 Å². The summed E-state index contributed by atoms with van der Waals surface area (Å²) in [5.41, 5.74) is 4.78. The third-order valence-corrected chi connectivity index (χ3v) is 7.96. The zero-order valence-corrected chi connectivity index (χ0v) is 21.8. The number of rotatable bonds is 8. The molecule has 186 valence electrons. The van der Waals surface area contributed by atoms with Crippen molar-refractivity contribution in [1.29, 1.82) is 0 Å². The molecule has 1 amide bonds. The number of hydrogen-bond donors (Lipinski definition) is 0. The van der Waals surface area contributed by atoms with Gasteiger partial charge in [-0.2, -0.15) is 5.10 Å². The molecule has 3 heterocycles. The first kappa shape index (κ1) is 24.3. The van der Waals surface area contributed by atoms with E-state index in [4.69, 9.17) is 4.98 Å². The van der Waals surface area contributed by atoms with E-state index in [0.717, 1.165) is 29.7 Å². The maximum Gasteiger partial charge on any atom is 0.265 e. The Morgan fingerprint density at radius 1 is 1.14 bits per heavy atom. The summed E-state index contributed by atoms with van der Waals surface area (Å²) in [6.07, 6.45) is 3.85. The van der Waals surface area contributed by atoms with E-state index in [0.29, 0.717) is 35.0 Å². The molecule has 0 saturated carbocycles. The molecule has 1 atom stereocenters. The molecule has 0 aliphatic carbocycles. The van der Waals surface area contributed by atoms with Gasteiger partial charge < -0.3 is 4.90 Å². The molecule has 5 rings (SSSR count). The minimum Gasteiger partial charge on any atom is -0.338 e.